The molecule has 0 spiro atoms. The van der Waals surface area contributed by atoms with Crippen molar-refractivity contribution in [3.63, 3.8) is 0 Å². The molecule has 0 saturated carbocycles. The van der Waals surface area contributed by atoms with Crippen LogP contribution in [0.15, 0.2) is 42.5 Å². The van der Waals surface area contributed by atoms with Gasteiger partial charge in [-0.25, -0.2) is 4.98 Å². The molecule has 27 heavy (non-hydrogen) atoms. The Labute approximate surface area is 160 Å². The number of carbonyl (C=O) groups is 2. The molecule has 6 nitrogen and oxygen atoms in total. The Kier molecular flexibility index (Phi) is 4.77. The number of fused-ring (bicyclic) bond motifs is 1. The molecule has 0 unspecified atom stereocenters. The number of amides is 2. The highest BCUT2D eigenvalue weighted by Gasteiger charge is 2.25. The summed E-state index contributed by atoms with van der Waals surface area (Å²) in [6.07, 6.45) is 1.34. The van der Waals surface area contributed by atoms with Crippen molar-refractivity contribution in [1.29, 1.82) is 0 Å². The average molecular weight is 381 g/mol. The third kappa shape index (κ3) is 3.50. The van der Waals surface area contributed by atoms with E-state index in [4.69, 9.17) is 4.74 Å². The van der Waals surface area contributed by atoms with Gasteiger partial charge in [0.2, 0.25) is 5.91 Å². The molecule has 1 saturated heterocycles. The molecule has 0 aliphatic carbocycles. The quantitative estimate of drug-likeness (QED) is 0.723. The van der Waals surface area contributed by atoms with E-state index in [-0.39, 0.29) is 11.8 Å². The van der Waals surface area contributed by atoms with Crippen molar-refractivity contribution < 1.29 is 14.3 Å². The van der Waals surface area contributed by atoms with Crippen LogP contribution in [0.25, 0.3) is 10.2 Å². The van der Waals surface area contributed by atoms with E-state index in [2.05, 4.69) is 10.3 Å². The lowest BCUT2D eigenvalue weighted by molar-refractivity contribution is -0.117. The van der Waals surface area contributed by atoms with Crippen LogP contribution < -0.4 is 15.0 Å². The first-order valence-corrected chi connectivity index (χ1v) is 9.71. The first-order valence-electron chi connectivity index (χ1n) is 8.90. The standard InChI is InChI=1S/C20H19N3O3S/c1-2-26-13-9-10-15-17(12-13)27-20(21-15)22-19(25)14-6-3-4-7-16(14)23-11-5-8-18(23)24/h3-4,6-7,9-10,12H,2,5,8,11H2,1H3,(H,21,22,25). The fourth-order valence-electron chi connectivity index (χ4n) is 3.18. The number of nitrogens with one attached hydrogen (secondary N) is 1. The SMILES string of the molecule is CCOc1ccc2nc(NC(=O)c3ccccc3N3CCCC3=O)sc2c1. The second kappa shape index (κ2) is 7.36. The van der Waals surface area contributed by atoms with Crippen molar-refractivity contribution in [2.24, 2.45) is 0 Å². The summed E-state index contributed by atoms with van der Waals surface area (Å²) in [5, 5.41) is 3.39. The van der Waals surface area contributed by atoms with E-state index in [1.807, 2.05) is 37.3 Å². The number of rotatable bonds is 5. The predicted molar refractivity (Wildman–Crippen MR) is 107 cm³/mol. The third-order valence-corrected chi connectivity index (χ3v) is 5.34. The Balaban J connectivity index is 1.59. The molecule has 1 aliphatic rings. The minimum absolute atomic E-state index is 0.0543. The number of anilines is 2. The van der Waals surface area contributed by atoms with Gasteiger partial charge in [-0.3, -0.25) is 14.9 Å². The zero-order chi connectivity index (χ0) is 18.8. The topological polar surface area (TPSA) is 71.5 Å². The summed E-state index contributed by atoms with van der Waals surface area (Å²) < 4.78 is 6.45. The maximum Gasteiger partial charge on any atom is 0.259 e. The summed E-state index contributed by atoms with van der Waals surface area (Å²) in [6.45, 7) is 3.18. The number of para-hydroxylation sites is 1. The molecular weight excluding hydrogens is 362 g/mol. The Hall–Kier alpha value is -2.93. The number of benzene rings is 2. The van der Waals surface area contributed by atoms with Gasteiger partial charge < -0.3 is 9.64 Å². The third-order valence-electron chi connectivity index (χ3n) is 4.40. The smallest absolute Gasteiger partial charge is 0.259 e. The first kappa shape index (κ1) is 17.5. The van der Waals surface area contributed by atoms with E-state index in [1.54, 1.807) is 17.0 Å². The van der Waals surface area contributed by atoms with Crippen LogP contribution in [0.5, 0.6) is 5.75 Å². The molecule has 0 radical (unpaired) electrons. The Morgan fingerprint density at radius 1 is 1.30 bits per heavy atom. The fourth-order valence-corrected chi connectivity index (χ4v) is 4.07. The monoisotopic (exact) mass is 381 g/mol. The predicted octanol–water partition coefficient (Wildman–Crippen LogP) is 4.07. The van der Waals surface area contributed by atoms with Crippen molar-refractivity contribution in [3.8, 4) is 5.75 Å². The number of aromatic nitrogens is 1. The van der Waals surface area contributed by atoms with Crippen molar-refractivity contribution in [2.45, 2.75) is 19.8 Å². The number of thiazole rings is 1. The summed E-state index contributed by atoms with van der Waals surface area (Å²) in [4.78, 5) is 31.1. The van der Waals surface area contributed by atoms with Crippen LogP contribution >= 0.6 is 11.3 Å². The van der Waals surface area contributed by atoms with Crippen LogP contribution in [0.2, 0.25) is 0 Å². The molecule has 138 valence electrons. The molecule has 1 N–H and O–H groups in total. The summed E-state index contributed by atoms with van der Waals surface area (Å²) >= 11 is 1.40. The van der Waals surface area contributed by atoms with Gasteiger partial charge in [0.1, 0.15) is 5.75 Å². The number of hydrogen-bond donors (Lipinski definition) is 1. The second-order valence-corrected chi connectivity index (χ2v) is 7.23. The number of ether oxygens (including phenoxy) is 1. The van der Waals surface area contributed by atoms with Gasteiger partial charge in [-0.1, -0.05) is 23.5 Å². The van der Waals surface area contributed by atoms with E-state index in [1.165, 1.54) is 11.3 Å². The molecular formula is C20H19N3O3S. The van der Waals surface area contributed by atoms with Crippen molar-refractivity contribution >= 4 is 44.2 Å². The van der Waals surface area contributed by atoms with Crippen LogP contribution in [0.4, 0.5) is 10.8 Å². The van der Waals surface area contributed by atoms with E-state index in [0.29, 0.717) is 36.0 Å². The summed E-state index contributed by atoms with van der Waals surface area (Å²) in [5.41, 5.74) is 1.93. The molecule has 2 heterocycles. The van der Waals surface area contributed by atoms with Gasteiger partial charge in [-0.2, -0.15) is 0 Å². The highest BCUT2D eigenvalue weighted by atomic mass is 32.1. The van der Waals surface area contributed by atoms with Crippen molar-refractivity contribution in [3.05, 3.63) is 48.0 Å². The van der Waals surface area contributed by atoms with Gasteiger partial charge in [0, 0.05) is 13.0 Å². The minimum atomic E-state index is -0.269. The van der Waals surface area contributed by atoms with Gasteiger partial charge >= 0.3 is 0 Å². The van der Waals surface area contributed by atoms with Crippen molar-refractivity contribution in [1.82, 2.24) is 4.98 Å². The second-order valence-electron chi connectivity index (χ2n) is 6.20. The zero-order valence-electron chi connectivity index (χ0n) is 14.9. The molecule has 7 heteroatoms. The minimum Gasteiger partial charge on any atom is -0.494 e. The maximum absolute atomic E-state index is 12.8. The lowest BCUT2D eigenvalue weighted by Gasteiger charge is -2.18. The van der Waals surface area contributed by atoms with E-state index < -0.39 is 0 Å². The molecule has 3 aromatic rings. The highest BCUT2D eigenvalue weighted by molar-refractivity contribution is 7.22. The Morgan fingerprint density at radius 2 is 2.15 bits per heavy atom. The lowest BCUT2D eigenvalue weighted by atomic mass is 10.1. The molecule has 2 amide bonds. The van der Waals surface area contributed by atoms with Gasteiger partial charge in [0.25, 0.3) is 5.91 Å². The van der Waals surface area contributed by atoms with Crippen LogP contribution in [0, 0.1) is 0 Å². The number of carbonyl (C=O) groups excluding carboxylic acids is 2. The Morgan fingerprint density at radius 3 is 2.93 bits per heavy atom. The molecule has 4 rings (SSSR count). The summed E-state index contributed by atoms with van der Waals surface area (Å²) in [7, 11) is 0. The molecule has 1 aliphatic heterocycles. The van der Waals surface area contributed by atoms with Crippen LogP contribution in [0.1, 0.15) is 30.1 Å². The molecule has 0 atom stereocenters. The highest BCUT2D eigenvalue weighted by Crippen LogP contribution is 2.31. The number of hydrogen-bond acceptors (Lipinski definition) is 5. The molecule has 2 aromatic carbocycles. The maximum atomic E-state index is 12.8. The largest absolute Gasteiger partial charge is 0.494 e. The average Bonchev–Trinajstić information content (AvgIpc) is 3.27. The molecule has 1 aromatic heterocycles. The van der Waals surface area contributed by atoms with Crippen LogP contribution in [-0.2, 0) is 4.79 Å². The Bertz CT molecular complexity index is 1010. The molecule has 1 fully saturated rings. The number of nitrogens with zero attached hydrogens (tertiary/aromatic N) is 2. The van der Waals surface area contributed by atoms with E-state index in [9.17, 15) is 9.59 Å². The summed E-state index contributed by atoms with van der Waals surface area (Å²) in [5.74, 6) is 0.567. The molecule has 0 bridgehead atoms. The first-order chi connectivity index (χ1) is 13.2. The van der Waals surface area contributed by atoms with Crippen LogP contribution in [0.3, 0.4) is 0 Å². The van der Waals surface area contributed by atoms with Crippen LogP contribution in [-0.4, -0.2) is 29.9 Å². The van der Waals surface area contributed by atoms with Gasteiger partial charge in [0.15, 0.2) is 5.13 Å². The summed E-state index contributed by atoms with van der Waals surface area (Å²) in [6, 6.07) is 12.8. The van der Waals surface area contributed by atoms with Gasteiger partial charge in [-0.15, -0.1) is 0 Å². The van der Waals surface area contributed by atoms with Gasteiger partial charge in [0.05, 0.1) is 28.1 Å². The van der Waals surface area contributed by atoms with E-state index in [0.717, 1.165) is 22.4 Å². The lowest BCUT2D eigenvalue weighted by Crippen LogP contribution is -2.27. The normalized spacial score (nSPS) is 14.0. The van der Waals surface area contributed by atoms with E-state index >= 15 is 0 Å². The van der Waals surface area contributed by atoms with Crippen molar-refractivity contribution in [2.75, 3.05) is 23.4 Å². The fraction of sp³-hybridized carbons (Fsp3) is 0.250. The van der Waals surface area contributed by atoms with Gasteiger partial charge in [-0.05, 0) is 43.7 Å². The zero-order valence-corrected chi connectivity index (χ0v) is 15.7.